The Labute approximate surface area is 218 Å². The molecule has 0 aliphatic carbocycles. The second-order valence-corrected chi connectivity index (χ2v) is 11.1. The number of nitrogens with zero attached hydrogens (tertiary/aromatic N) is 3. The van der Waals surface area contributed by atoms with Crippen molar-refractivity contribution < 1.29 is 4.79 Å². The Morgan fingerprint density at radius 3 is 2.78 bits per heavy atom. The van der Waals surface area contributed by atoms with Gasteiger partial charge in [0.15, 0.2) is 0 Å². The number of anilines is 1. The summed E-state index contributed by atoms with van der Waals surface area (Å²) in [5.41, 5.74) is 3.98. The van der Waals surface area contributed by atoms with Gasteiger partial charge in [-0.1, -0.05) is 11.6 Å². The first-order chi connectivity index (χ1) is 17.2. The number of pyridine rings is 1. The third-order valence-electron chi connectivity index (χ3n) is 6.73. The Balaban J connectivity index is 1.43. The van der Waals surface area contributed by atoms with Crippen molar-refractivity contribution >= 4 is 45.6 Å². The molecule has 4 aromatic rings. The van der Waals surface area contributed by atoms with Crippen LogP contribution in [0.4, 0.5) is 5.69 Å². The summed E-state index contributed by atoms with van der Waals surface area (Å²) in [7, 11) is 4.03. The van der Waals surface area contributed by atoms with Crippen molar-refractivity contribution in [2.45, 2.75) is 38.9 Å². The van der Waals surface area contributed by atoms with Gasteiger partial charge in [0.1, 0.15) is 11.4 Å². The van der Waals surface area contributed by atoms with Crippen LogP contribution in [0.5, 0.6) is 0 Å². The zero-order valence-corrected chi connectivity index (χ0v) is 22.3. The fourth-order valence-electron chi connectivity index (χ4n) is 4.53. The van der Waals surface area contributed by atoms with Crippen LogP contribution in [0.2, 0.25) is 5.02 Å². The summed E-state index contributed by atoms with van der Waals surface area (Å²) in [5.74, 6) is 0.489. The monoisotopic (exact) mass is 524 g/mol. The van der Waals surface area contributed by atoms with E-state index >= 15 is 0 Å². The molecule has 0 fully saturated rings. The van der Waals surface area contributed by atoms with Gasteiger partial charge < -0.3 is 25.1 Å². The molecule has 1 aromatic carbocycles. The summed E-state index contributed by atoms with van der Waals surface area (Å²) in [5, 5.41) is 6.18. The lowest BCUT2D eigenvalue weighted by molar-refractivity contribution is 0.0739. The number of hydrogen-bond donors (Lipinski definition) is 3. The van der Waals surface area contributed by atoms with Gasteiger partial charge in [-0.2, -0.15) is 0 Å². The smallest absolute Gasteiger partial charge is 0.261 e. The molecule has 188 valence electrons. The molecule has 10 heteroatoms. The first-order valence-electron chi connectivity index (χ1n) is 11.9. The van der Waals surface area contributed by atoms with Gasteiger partial charge in [-0.15, -0.1) is 11.3 Å². The molecule has 36 heavy (non-hydrogen) atoms. The number of aromatic amines is 2. The number of H-pyrrole nitrogens is 2. The minimum atomic E-state index is -0.243. The zero-order chi connectivity index (χ0) is 25.6. The van der Waals surface area contributed by atoms with Gasteiger partial charge >= 0.3 is 0 Å². The minimum Gasteiger partial charge on any atom is -0.381 e. The number of aromatic nitrogens is 3. The summed E-state index contributed by atoms with van der Waals surface area (Å²) in [6.07, 6.45) is 2.36. The summed E-state index contributed by atoms with van der Waals surface area (Å²) < 4.78 is 0. The number of likely N-dealkylation sites (N-methyl/N-ethyl adjacent to an activating group) is 1. The van der Waals surface area contributed by atoms with Crippen LogP contribution in [0.15, 0.2) is 40.6 Å². The van der Waals surface area contributed by atoms with Crippen molar-refractivity contribution in [3.05, 3.63) is 67.2 Å². The Morgan fingerprint density at radius 2 is 2.06 bits per heavy atom. The lowest BCUT2D eigenvalue weighted by Gasteiger charge is -2.25. The number of hydrogen-bond acceptors (Lipinski definition) is 6. The van der Waals surface area contributed by atoms with Crippen LogP contribution in [0, 0.1) is 0 Å². The van der Waals surface area contributed by atoms with Crippen LogP contribution in [-0.4, -0.2) is 63.4 Å². The van der Waals surface area contributed by atoms with Crippen LogP contribution in [0.1, 0.15) is 34.6 Å². The summed E-state index contributed by atoms with van der Waals surface area (Å²) in [6, 6.07) is 7.84. The van der Waals surface area contributed by atoms with E-state index in [0.717, 1.165) is 32.9 Å². The van der Waals surface area contributed by atoms with Crippen molar-refractivity contribution in [1.82, 2.24) is 24.8 Å². The van der Waals surface area contributed by atoms with Gasteiger partial charge in [0.2, 0.25) is 0 Å². The Hall–Kier alpha value is -3.14. The number of rotatable bonds is 8. The van der Waals surface area contributed by atoms with Crippen LogP contribution in [0.25, 0.3) is 22.4 Å². The largest absolute Gasteiger partial charge is 0.381 e. The van der Waals surface area contributed by atoms with Crippen molar-refractivity contribution in [3.8, 4) is 11.4 Å². The second-order valence-electron chi connectivity index (χ2n) is 9.65. The predicted molar refractivity (Wildman–Crippen MR) is 146 cm³/mol. The van der Waals surface area contributed by atoms with Crippen LogP contribution in [-0.2, 0) is 13.0 Å². The fraction of sp³-hybridized carbons (Fsp3) is 0.346. The van der Waals surface area contributed by atoms with Gasteiger partial charge in [0.25, 0.3) is 11.5 Å². The van der Waals surface area contributed by atoms with E-state index < -0.39 is 0 Å². The molecular weight excluding hydrogens is 496 g/mol. The van der Waals surface area contributed by atoms with E-state index in [1.165, 1.54) is 0 Å². The molecule has 0 radical (unpaired) electrons. The van der Waals surface area contributed by atoms with E-state index in [9.17, 15) is 9.59 Å². The molecule has 1 aliphatic heterocycles. The van der Waals surface area contributed by atoms with E-state index in [2.05, 4.69) is 34.0 Å². The third kappa shape index (κ3) is 4.66. The van der Waals surface area contributed by atoms with Gasteiger partial charge in [-0.25, -0.2) is 4.98 Å². The maximum Gasteiger partial charge on any atom is 0.261 e. The quantitative estimate of drug-likeness (QED) is 0.313. The average Bonchev–Trinajstić information content (AvgIpc) is 3.50. The molecule has 1 aliphatic rings. The van der Waals surface area contributed by atoms with E-state index in [-0.39, 0.29) is 23.6 Å². The third-order valence-corrected chi connectivity index (χ3v) is 8.14. The minimum absolute atomic E-state index is 0.0257. The molecule has 4 heterocycles. The highest BCUT2D eigenvalue weighted by Gasteiger charge is 2.30. The number of nitrogens with one attached hydrogen (secondary N) is 3. The van der Waals surface area contributed by atoms with E-state index in [1.807, 2.05) is 48.6 Å². The van der Waals surface area contributed by atoms with E-state index in [4.69, 9.17) is 16.6 Å². The van der Waals surface area contributed by atoms with Crippen LogP contribution < -0.4 is 10.9 Å². The Kier molecular flexibility index (Phi) is 6.63. The van der Waals surface area contributed by atoms with Crippen molar-refractivity contribution in [3.63, 3.8) is 0 Å². The highest BCUT2D eigenvalue weighted by Crippen LogP contribution is 2.31. The number of carbonyl (C=O) groups excluding carboxylic acids is 1. The average molecular weight is 525 g/mol. The molecule has 0 unspecified atom stereocenters. The number of benzene rings is 1. The maximum atomic E-state index is 13.1. The van der Waals surface area contributed by atoms with Crippen molar-refractivity contribution in [2.75, 3.05) is 26.0 Å². The Bertz CT molecular complexity index is 1490. The number of imidazole rings is 1. The molecule has 0 saturated carbocycles. The molecule has 1 amide bonds. The molecule has 0 saturated heterocycles. The van der Waals surface area contributed by atoms with Gasteiger partial charge in [-0.3, -0.25) is 9.59 Å². The van der Waals surface area contributed by atoms with Crippen LogP contribution >= 0.6 is 22.9 Å². The molecule has 0 spiro atoms. The molecule has 0 bridgehead atoms. The predicted octanol–water partition coefficient (Wildman–Crippen LogP) is 4.58. The standard InChI is InChI=1S/C26H29ClN6O2S/c1-14(9-22-18(27)6-8-36-22)29-19-5-7-28-25(34)23(19)24-30-20-10-16-13-33(12-15(2)32(3)4)26(35)17(16)11-21(20)31-24/h5-8,10-11,14-15H,9,12-13H2,1-4H3,(H,30,31)(H2,28,29,34)/t14-,15-/m0/s1. The normalized spacial score (nSPS) is 15.1. The van der Waals surface area contributed by atoms with Crippen LogP contribution in [0.3, 0.4) is 0 Å². The first kappa shape index (κ1) is 24.5. The molecule has 8 nitrogen and oxygen atoms in total. The van der Waals surface area contributed by atoms with E-state index in [0.29, 0.717) is 35.7 Å². The second kappa shape index (κ2) is 9.72. The van der Waals surface area contributed by atoms with Gasteiger partial charge in [0.05, 0.1) is 21.7 Å². The SMILES string of the molecule is C[C@@H](Cc1sccc1Cl)Nc1cc[nH]c(=O)c1-c1nc2cc3c(cc2[nH]1)C(=O)N(C[C@H](C)N(C)C)C3. The number of halogens is 1. The lowest BCUT2D eigenvalue weighted by Crippen LogP contribution is -2.38. The molecular formula is C26H29ClN6O2S. The number of carbonyl (C=O) groups is 1. The van der Waals surface area contributed by atoms with Gasteiger partial charge in [-0.05, 0) is 63.2 Å². The van der Waals surface area contributed by atoms with E-state index in [1.54, 1.807) is 17.5 Å². The fourth-order valence-corrected chi connectivity index (χ4v) is 5.77. The topological polar surface area (TPSA) is 97.1 Å². The zero-order valence-electron chi connectivity index (χ0n) is 20.7. The number of thiophene rings is 1. The van der Waals surface area contributed by atoms with Crippen molar-refractivity contribution in [1.29, 1.82) is 0 Å². The molecule has 3 aromatic heterocycles. The lowest BCUT2D eigenvalue weighted by atomic mass is 10.1. The summed E-state index contributed by atoms with van der Waals surface area (Å²) in [4.78, 5) is 41.8. The summed E-state index contributed by atoms with van der Waals surface area (Å²) >= 11 is 7.89. The molecule has 5 rings (SSSR count). The number of fused-ring (bicyclic) bond motifs is 2. The maximum absolute atomic E-state index is 13.1. The first-order valence-corrected chi connectivity index (χ1v) is 13.2. The van der Waals surface area contributed by atoms with Gasteiger partial charge in [0, 0.05) is 48.2 Å². The summed E-state index contributed by atoms with van der Waals surface area (Å²) in [6.45, 7) is 5.38. The molecule has 2 atom stereocenters. The highest BCUT2D eigenvalue weighted by molar-refractivity contribution is 7.10. The number of amides is 1. The van der Waals surface area contributed by atoms with Crippen molar-refractivity contribution in [2.24, 2.45) is 0 Å². The highest BCUT2D eigenvalue weighted by atomic mass is 35.5. The molecule has 3 N–H and O–H groups in total. The Morgan fingerprint density at radius 1 is 1.25 bits per heavy atom.